The van der Waals surface area contributed by atoms with Gasteiger partial charge < -0.3 is 9.47 Å². The Labute approximate surface area is 159 Å². The Morgan fingerprint density at radius 1 is 1.12 bits per heavy atom. The molecule has 0 aliphatic rings. The number of ether oxygens (including phenoxy) is 2. The van der Waals surface area contributed by atoms with E-state index < -0.39 is 16.0 Å². The summed E-state index contributed by atoms with van der Waals surface area (Å²) in [5, 5.41) is 0.312. The molecule has 0 bridgehead atoms. The Hall–Kier alpha value is -1.67. The predicted octanol–water partition coefficient (Wildman–Crippen LogP) is 4.00. The minimum Gasteiger partial charge on any atom is -0.480 e. The van der Waals surface area contributed by atoms with Crippen LogP contribution in [-0.4, -0.2) is 28.1 Å². The summed E-state index contributed by atoms with van der Waals surface area (Å²) in [5.41, 5.74) is 0.135. The van der Waals surface area contributed by atoms with E-state index in [1.165, 1.54) is 37.4 Å². The van der Waals surface area contributed by atoms with Crippen LogP contribution in [0.3, 0.4) is 0 Å². The van der Waals surface area contributed by atoms with Crippen molar-refractivity contribution in [3.8, 4) is 5.75 Å². The third kappa shape index (κ3) is 4.92. The van der Waals surface area contributed by atoms with E-state index in [0.717, 1.165) is 0 Å². The van der Waals surface area contributed by atoms with E-state index in [2.05, 4.69) is 9.46 Å². The number of nitrogens with one attached hydrogen (secondary N) is 1. The van der Waals surface area contributed by atoms with Gasteiger partial charge in [-0.3, -0.25) is 4.72 Å². The van der Waals surface area contributed by atoms with Gasteiger partial charge in [-0.2, -0.15) is 0 Å². The van der Waals surface area contributed by atoms with Gasteiger partial charge in [-0.1, -0.05) is 40.9 Å². The van der Waals surface area contributed by atoms with E-state index in [1.807, 2.05) is 0 Å². The van der Waals surface area contributed by atoms with Crippen molar-refractivity contribution in [2.75, 3.05) is 18.4 Å². The van der Waals surface area contributed by atoms with E-state index in [0.29, 0.717) is 0 Å². The zero-order chi connectivity index (χ0) is 18.6. The second-order valence-corrected chi connectivity index (χ2v) is 7.54. The average molecular weight is 425 g/mol. The molecular formula is C15H12Cl3NO5S. The van der Waals surface area contributed by atoms with Crippen LogP contribution in [0.15, 0.2) is 41.3 Å². The molecule has 0 fully saturated rings. The molecule has 0 amide bonds. The largest absolute Gasteiger partial charge is 0.480 e. The molecule has 25 heavy (non-hydrogen) atoms. The van der Waals surface area contributed by atoms with Crippen molar-refractivity contribution < 1.29 is 22.7 Å². The number of halogens is 3. The van der Waals surface area contributed by atoms with Crippen LogP contribution in [0.2, 0.25) is 15.1 Å². The summed E-state index contributed by atoms with van der Waals surface area (Å²) in [6, 6.07) is 8.36. The Morgan fingerprint density at radius 3 is 2.48 bits per heavy atom. The lowest BCUT2D eigenvalue weighted by atomic mass is 10.3. The number of hydrogen-bond donors (Lipinski definition) is 1. The van der Waals surface area contributed by atoms with E-state index in [4.69, 9.17) is 39.5 Å². The van der Waals surface area contributed by atoms with Crippen LogP contribution >= 0.6 is 34.8 Å². The van der Waals surface area contributed by atoms with Crippen LogP contribution in [0, 0.1) is 0 Å². The summed E-state index contributed by atoms with van der Waals surface area (Å²) >= 11 is 17.8. The molecule has 0 aromatic heterocycles. The van der Waals surface area contributed by atoms with Gasteiger partial charge in [0, 0.05) is 0 Å². The van der Waals surface area contributed by atoms with Gasteiger partial charge in [0.15, 0.2) is 6.61 Å². The molecule has 2 aromatic rings. The van der Waals surface area contributed by atoms with Crippen LogP contribution in [0.4, 0.5) is 5.69 Å². The second kappa shape index (κ2) is 8.14. The van der Waals surface area contributed by atoms with Gasteiger partial charge in [-0.05, 0) is 30.3 Å². The van der Waals surface area contributed by atoms with Crippen molar-refractivity contribution in [3.63, 3.8) is 0 Å². The first-order valence-electron chi connectivity index (χ1n) is 6.70. The summed E-state index contributed by atoms with van der Waals surface area (Å²) in [6.45, 7) is -0.349. The lowest BCUT2D eigenvalue weighted by Crippen LogP contribution is -2.14. The van der Waals surface area contributed by atoms with Gasteiger partial charge in [-0.25, -0.2) is 13.2 Å². The summed E-state index contributed by atoms with van der Waals surface area (Å²) in [6.07, 6.45) is 0. The molecule has 0 saturated heterocycles. The Kier molecular flexibility index (Phi) is 6.40. The SMILES string of the molecule is COC(=O)COc1ccc(S(=O)(=O)Nc2cccc(Cl)c2Cl)cc1Cl. The molecule has 0 spiro atoms. The Balaban J connectivity index is 2.23. The Morgan fingerprint density at radius 2 is 1.84 bits per heavy atom. The van der Waals surface area contributed by atoms with E-state index in [9.17, 15) is 13.2 Å². The molecule has 6 nitrogen and oxygen atoms in total. The first-order chi connectivity index (χ1) is 11.7. The lowest BCUT2D eigenvalue weighted by Gasteiger charge is -2.12. The fraction of sp³-hybridized carbons (Fsp3) is 0.133. The van der Waals surface area contributed by atoms with Gasteiger partial charge in [-0.15, -0.1) is 0 Å². The number of carbonyl (C=O) groups is 1. The van der Waals surface area contributed by atoms with E-state index >= 15 is 0 Å². The van der Waals surface area contributed by atoms with Crippen LogP contribution in [0.5, 0.6) is 5.75 Å². The summed E-state index contributed by atoms with van der Waals surface area (Å²) in [5.74, 6) is -0.447. The number of carbonyl (C=O) groups excluding carboxylic acids is 1. The monoisotopic (exact) mass is 423 g/mol. The van der Waals surface area contributed by atoms with Gasteiger partial charge in [0.05, 0.1) is 32.8 Å². The highest BCUT2D eigenvalue weighted by atomic mass is 35.5. The van der Waals surface area contributed by atoms with Crippen molar-refractivity contribution in [2.45, 2.75) is 4.90 Å². The molecule has 0 aliphatic heterocycles. The van der Waals surface area contributed by atoms with Crippen LogP contribution in [0.1, 0.15) is 0 Å². The zero-order valence-corrected chi connectivity index (χ0v) is 15.8. The number of sulfonamides is 1. The van der Waals surface area contributed by atoms with Crippen LogP contribution in [0.25, 0.3) is 0 Å². The average Bonchev–Trinajstić information content (AvgIpc) is 2.57. The van der Waals surface area contributed by atoms with Gasteiger partial charge in [0.2, 0.25) is 0 Å². The molecule has 0 heterocycles. The minimum absolute atomic E-state index is 0.0176. The number of anilines is 1. The topological polar surface area (TPSA) is 81.7 Å². The normalized spacial score (nSPS) is 11.0. The molecule has 2 aromatic carbocycles. The van der Waals surface area contributed by atoms with Crippen molar-refractivity contribution in [2.24, 2.45) is 0 Å². The molecule has 0 unspecified atom stereocenters. The minimum atomic E-state index is -3.95. The van der Waals surface area contributed by atoms with Crippen LogP contribution in [-0.2, 0) is 19.6 Å². The van der Waals surface area contributed by atoms with Crippen molar-refractivity contribution in [3.05, 3.63) is 51.5 Å². The van der Waals surface area contributed by atoms with Crippen LogP contribution < -0.4 is 9.46 Å². The van der Waals surface area contributed by atoms with Crippen molar-refractivity contribution in [1.29, 1.82) is 0 Å². The first kappa shape index (κ1) is 19.7. The summed E-state index contributed by atoms with van der Waals surface area (Å²) in [4.78, 5) is 11.0. The van der Waals surface area contributed by atoms with Gasteiger partial charge in [0.1, 0.15) is 5.75 Å². The third-order valence-electron chi connectivity index (χ3n) is 2.98. The zero-order valence-electron chi connectivity index (χ0n) is 12.8. The Bertz CT molecular complexity index is 902. The standard InChI is InChI=1S/C15H12Cl3NO5S/c1-23-14(20)8-24-13-6-5-9(7-11(13)17)25(21,22)19-12-4-2-3-10(16)15(12)18/h2-7,19H,8H2,1H3. The smallest absolute Gasteiger partial charge is 0.343 e. The second-order valence-electron chi connectivity index (χ2n) is 4.66. The molecule has 0 atom stereocenters. The molecule has 2 rings (SSSR count). The van der Waals surface area contributed by atoms with Crippen molar-refractivity contribution >= 4 is 56.5 Å². The van der Waals surface area contributed by atoms with E-state index in [1.54, 1.807) is 6.07 Å². The molecule has 0 radical (unpaired) electrons. The van der Waals surface area contributed by atoms with Crippen molar-refractivity contribution in [1.82, 2.24) is 0 Å². The number of methoxy groups -OCH3 is 1. The highest BCUT2D eigenvalue weighted by Crippen LogP contribution is 2.32. The highest BCUT2D eigenvalue weighted by molar-refractivity contribution is 7.92. The molecule has 10 heteroatoms. The van der Waals surface area contributed by atoms with E-state index in [-0.39, 0.29) is 38.0 Å². The molecule has 0 saturated carbocycles. The maximum absolute atomic E-state index is 12.5. The number of benzene rings is 2. The predicted molar refractivity (Wildman–Crippen MR) is 96.2 cm³/mol. The maximum atomic E-state index is 12.5. The summed E-state index contributed by atoms with van der Waals surface area (Å²) < 4.78 is 36.8. The first-order valence-corrected chi connectivity index (χ1v) is 9.32. The molecule has 134 valence electrons. The highest BCUT2D eigenvalue weighted by Gasteiger charge is 2.18. The maximum Gasteiger partial charge on any atom is 0.343 e. The third-order valence-corrected chi connectivity index (χ3v) is 5.46. The lowest BCUT2D eigenvalue weighted by molar-refractivity contribution is -0.142. The number of hydrogen-bond acceptors (Lipinski definition) is 5. The summed E-state index contributed by atoms with van der Waals surface area (Å²) in [7, 11) is -2.73. The fourth-order valence-electron chi connectivity index (χ4n) is 1.75. The molecule has 1 N–H and O–H groups in total. The number of rotatable bonds is 6. The molecular weight excluding hydrogens is 413 g/mol. The quantitative estimate of drug-likeness (QED) is 0.709. The van der Waals surface area contributed by atoms with Gasteiger partial charge >= 0.3 is 5.97 Å². The number of esters is 1. The molecule has 0 aliphatic carbocycles. The fourth-order valence-corrected chi connectivity index (χ4v) is 3.55. The van der Waals surface area contributed by atoms with Gasteiger partial charge in [0.25, 0.3) is 10.0 Å².